The molecule has 1 atom stereocenters. The first-order valence-corrected chi connectivity index (χ1v) is 13.9. The molecule has 1 unspecified atom stereocenters. The van der Waals surface area contributed by atoms with Gasteiger partial charge in [-0.05, 0) is 52.9 Å². The maximum atomic E-state index is 13.5. The van der Waals surface area contributed by atoms with Crippen LogP contribution in [0.15, 0.2) is 66.7 Å². The van der Waals surface area contributed by atoms with Gasteiger partial charge in [0.2, 0.25) is 11.8 Å². The molecule has 2 fully saturated rings. The molecule has 9 heteroatoms. The van der Waals surface area contributed by atoms with Gasteiger partial charge in [0, 0.05) is 61.8 Å². The van der Waals surface area contributed by atoms with Crippen molar-refractivity contribution in [2.75, 3.05) is 26.2 Å². The molecule has 3 aromatic rings. The Bertz CT molecular complexity index is 1500. The van der Waals surface area contributed by atoms with Gasteiger partial charge in [-0.15, -0.1) is 0 Å². The van der Waals surface area contributed by atoms with Crippen molar-refractivity contribution in [2.45, 2.75) is 32.0 Å². The fourth-order valence-corrected chi connectivity index (χ4v) is 5.94. The average molecular weight is 557 g/mol. The van der Waals surface area contributed by atoms with E-state index in [-0.39, 0.29) is 24.1 Å². The summed E-state index contributed by atoms with van der Waals surface area (Å²) in [4.78, 5) is 56.1. The quantitative estimate of drug-likeness (QED) is 0.484. The van der Waals surface area contributed by atoms with Gasteiger partial charge in [0.15, 0.2) is 0 Å². The summed E-state index contributed by atoms with van der Waals surface area (Å²) >= 11 is 6.06. The molecule has 3 aliphatic heterocycles. The van der Waals surface area contributed by atoms with Crippen molar-refractivity contribution in [1.29, 1.82) is 0 Å². The molecule has 0 aliphatic carbocycles. The van der Waals surface area contributed by atoms with Crippen LogP contribution in [0, 0.1) is 0 Å². The number of benzene rings is 3. The predicted molar refractivity (Wildman–Crippen MR) is 151 cm³/mol. The zero-order chi connectivity index (χ0) is 27.8. The zero-order valence-corrected chi connectivity index (χ0v) is 22.7. The van der Waals surface area contributed by atoms with Crippen LogP contribution >= 0.6 is 11.6 Å². The smallest absolute Gasteiger partial charge is 0.255 e. The highest BCUT2D eigenvalue weighted by Gasteiger charge is 2.39. The molecule has 40 heavy (non-hydrogen) atoms. The van der Waals surface area contributed by atoms with E-state index < -0.39 is 11.9 Å². The molecular formula is C31H29ClN4O4. The normalized spacial score (nSPS) is 19.5. The molecule has 1 N–H and O–H groups in total. The molecule has 3 aliphatic rings. The van der Waals surface area contributed by atoms with Gasteiger partial charge in [-0.2, -0.15) is 0 Å². The fraction of sp³-hybridized carbons (Fsp3) is 0.290. The van der Waals surface area contributed by atoms with Crippen LogP contribution in [0.4, 0.5) is 0 Å². The fourth-order valence-electron chi connectivity index (χ4n) is 5.81. The van der Waals surface area contributed by atoms with Crippen molar-refractivity contribution in [3.05, 3.63) is 94.0 Å². The number of imide groups is 1. The highest BCUT2D eigenvalue weighted by molar-refractivity contribution is 6.30. The molecule has 0 saturated carbocycles. The van der Waals surface area contributed by atoms with Crippen LogP contribution in [-0.2, 0) is 22.7 Å². The monoisotopic (exact) mass is 556 g/mol. The van der Waals surface area contributed by atoms with Crippen molar-refractivity contribution in [1.82, 2.24) is 20.0 Å². The molecule has 0 radical (unpaired) electrons. The molecule has 204 valence electrons. The molecule has 3 aromatic carbocycles. The Morgan fingerprint density at radius 2 is 1.65 bits per heavy atom. The van der Waals surface area contributed by atoms with E-state index in [1.165, 1.54) is 0 Å². The lowest BCUT2D eigenvalue weighted by Crippen LogP contribution is -2.52. The molecule has 8 nitrogen and oxygen atoms in total. The standard InChI is InChI=1S/C31H29ClN4O4/c32-23-8-6-21(7-9-23)24-3-1-2-4-26(24)30(39)35-15-13-34(14-16-35)18-20-5-10-25-22(17-20)19-36(31(25)40)27-11-12-28(37)33-29(27)38/h1-10,17,27H,11-16,18-19H2,(H,33,37,38). The Kier molecular flexibility index (Phi) is 7.12. The van der Waals surface area contributed by atoms with Gasteiger partial charge in [-0.25, -0.2) is 0 Å². The minimum absolute atomic E-state index is 0.0229. The maximum Gasteiger partial charge on any atom is 0.255 e. The van der Waals surface area contributed by atoms with Crippen LogP contribution in [-0.4, -0.2) is 70.5 Å². The molecule has 2 saturated heterocycles. The number of halogens is 1. The first-order valence-electron chi connectivity index (χ1n) is 13.5. The Morgan fingerprint density at radius 1 is 0.900 bits per heavy atom. The third-order valence-corrected chi connectivity index (χ3v) is 8.22. The van der Waals surface area contributed by atoms with E-state index in [0.717, 1.165) is 35.3 Å². The predicted octanol–water partition coefficient (Wildman–Crippen LogP) is 3.73. The number of nitrogens with zero attached hydrogens (tertiary/aromatic N) is 3. The Hall–Kier alpha value is -4.01. The van der Waals surface area contributed by atoms with Crippen LogP contribution in [0.5, 0.6) is 0 Å². The largest absolute Gasteiger partial charge is 0.336 e. The molecule has 0 aromatic heterocycles. The third kappa shape index (κ3) is 5.12. The van der Waals surface area contributed by atoms with Crippen LogP contribution in [0.2, 0.25) is 5.02 Å². The summed E-state index contributed by atoms with van der Waals surface area (Å²) < 4.78 is 0. The highest BCUT2D eigenvalue weighted by Crippen LogP contribution is 2.29. The second-order valence-corrected chi connectivity index (χ2v) is 10.9. The zero-order valence-electron chi connectivity index (χ0n) is 21.9. The molecule has 3 heterocycles. The van der Waals surface area contributed by atoms with E-state index >= 15 is 0 Å². The summed E-state index contributed by atoms with van der Waals surface area (Å²) in [5.41, 5.74) is 5.14. The molecule has 0 spiro atoms. The van der Waals surface area contributed by atoms with E-state index in [9.17, 15) is 19.2 Å². The highest BCUT2D eigenvalue weighted by atomic mass is 35.5. The number of nitrogens with one attached hydrogen (secondary N) is 1. The van der Waals surface area contributed by atoms with E-state index in [1.807, 2.05) is 71.6 Å². The second-order valence-electron chi connectivity index (χ2n) is 10.5. The minimum atomic E-state index is -0.614. The maximum absolute atomic E-state index is 13.5. The number of carbonyl (C=O) groups excluding carboxylic acids is 4. The van der Waals surface area contributed by atoms with Gasteiger partial charge in [0.25, 0.3) is 11.8 Å². The molecule has 6 rings (SSSR count). The number of hydrogen-bond donors (Lipinski definition) is 1. The number of hydrogen-bond acceptors (Lipinski definition) is 5. The van der Waals surface area contributed by atoms with Crippen molar-refractivity contribution in [2.24, 2.45) is 0 Å². The summed E-state index contributed by atoms with van der Waals surface area (Å²) in [6.07, 6.45) is 0.591. The Morgan fingerprint density at radius 3 is 2.40 bits per heavy atom. The lowest BCUT2D eigenvalue weighted by molar-refractivity contribution is -0.136. The summed E-state index contributed by atoms with van der Waals surface area (Å²) in [7, 11) is 0. The number of piperazine rings is 1. The molecular weight excluding hydrogens is 528 g/mol. The summed E-state index contributed by atoms with van der Waals surface area (Å²) in [5, 5.41) is 3.00. The Balaban J connectivity index is 1.08. The van der Waals surface area contributed by atoms with Crippen molar-refractivity contribution < 1.29 is 19.2 Å². The van der Waals surface area contributed by atoms with Gasteiger partial charge in [-0.3, -0.25) is 29.4 Å². The van der Waals surface area contributed by atoms with E-state index in [4.69, 9.17) is 11.6 Å². The Labute approximate surface area is 237 Å². The van der Waals surface area contributed by atoms with Gasteiger partial charge < -0.3 is 9.80 Å². The van der Waals surface area contributed by atoms with Gasteiger partial charge in [0.05, 0.1) is 0 Å². The van der Waals surface area contributed by atoms with E-state index in [0.29, 0.717) is 48.7 Å². The summed E-state index contributed by atoms with van der Waals surface area (Å²) in [5.74, 6) is -0.835. The SMILES string of the molecule is O=C1CCC(N2Cc3cc(CN4CCN(C(=O)c5ccccc5-c5ccc(Cl)cc5)CC4)ccc3C2=O)C(=O)N1. The number of rotatable bonds is 5. The lowest BCUT2D eigenvalue weighted by Gasteiger charge is -2.35. The van der Waals surface area contributed by atoms with E-state index in [1.54, 1.807) is 4.90 Å². The number of piperidine rings is 1. The van der Waals surface area contributed by atoms with Crippen LogP contribution in [0.1, 0.15) is 44.7 Å². The summed E-state index contributed by atoms with van der Waals surface area (Å²) in [6, 6.07) is 20.4. The number of amides is 4. The number of fused-ring (bicyclic) bond motifs is 1. The molecule has 0 bridgehead atoms. The van der Waals surface area contributed by atoms with Crippen LogP contribution < -0.4 is 5.32 Å². The van der Waals surface area contributed by atoms with Crippen molar-refractivity contribution in [3.63, 3.8) is 0 Å². The second kappa shape index (κ2) is 10.9. The van der Waals surface area contributed by atoms with Crippen molar-refractivity contribution in [3.8, 4) is 11.1 Å². The average Bonchev–Trinajstić information content (AvgIpc) is 3.28. The van der Waals surface area contributed by atoms with Crippen LogP contribution in [0.25, 0.3) is 11.1 Å². The number of carbonyl (C=O) groups is 4. The molecule has 4 amide bonds. The van der Waals surface area contributed by atoms with Gasteiger partial charge in [-0.1, -0.05) is 54.1 Å². The summed E-state index contributed by atoms with van der Waals surface area (Å²) in [6.45, 7) is 3.81. The van der Waals surface area contributed by atoms with Gasteiger partial charge in [0.1, 0.15) is 6.04 Å². The first kappa shape index (κ1) is 26.2. The van der Waals surface area contributed by atoms with Crippen LogP contribution in [0.3, 0.4) is 0 Å². The van der Waals surface area contributed by atoms with Gasteiger partial charge >= 0.3 is 0 Å². The first-order chi connectivity index (χ1) is 19.4. The van der Waals surface area contributed by atoms with Crippen molar-refractivity contribution >= 4 is 35.2 Å². The topological polar surface area (TPSA) is 90.0 Å². The third-order valence-electron chi connectivity index (χ3n) is 7.97. The lowest BCUT2D eigenvalue weighted by atomic mass is 9.98. The minimum Gasteiger partial charge on any atom is -0.336 e. The van der Waals surface area contributed by atoms with E-state index in [2.05, 4.69) is 10.2 Å².